The summed E-state index contributed by atoms with van der Waals surface area (Å²) in [6, 6.07) is 11.3. The van der Waals surface area contributed by atoms with Crippen LogP contribution < -0.4 is 16.6 Å². The molecule has 0 unspecified atom stereocenters. The first-order valence-electron chi connectivity index (χ1n) is 11.4. The Bertz CT molecular complexity index is 1430. The molecule has 0 saturated carbocycles. The Labute approximate surface area is 196 Å². The summed E-state index contributed by atoms with van der Waals surface area (Å²) >= 11 is 0. The van der Waals surface area contributed by atoms with Crippen LogP contribution in [0.4, 0.5) is 0 Å². The third kappa shape index (κ3) is 4.68. The first-order chi connectivity index (χ1) is 16.4. The molecular weight excluding hydrogens is 432 g/mol. The van der Waals surface area contributed by atoms with E-state index in [1.165, 1.54) is 4.57 Å². The fraction of sp³-hybridized carbons (Fsp3) is 0.320. The molecule has 0 spiro atoms. The lowest BCUT2D eigenvalue weighted by Crippen LogP contribution is -2.33. The molecule has 9 heteroatoms. The van der Waals surface area contributed by atoms with Crippen LogP contribution in [0.5, 0.6) is 0 Å². The highest BCUT2D eigenvalue weighted by Gasteiger charge is 2.20. The lowest BCUT2D eigenvalue weighted by Gasteiger charge is -2.15. The second-order valence-electron chi connectivity index (χ2n) is 8.51. The molecule has 176 valence electrons. The summed E-state index contributed by atoms with van der Waals surface area (Å²) in [4.78, 5) is 45.5. The zero-order valence-corrected chi connectivity index (χ0v) is 19.5. The maximum Gasteiger partial charge on any atom is 0.329 e. The number of carbonyl (C=O) groups excluding carboxylic acids is 1. The van der Waals surface area contributed by atoms with Gasteiger partial charge in [-0.15, -0.1) is 0 Å². The lowest BCUT2D eigenvalue weighted by molar-refractivity contribution is 0.0952. The Morgan fingerprint density at radius 2 is 1.91 bits per heavy atom. The number of fused-ring (bicyclic) bond motifs is 1. The van der Waals surface area contributed by atoms with Crippen LogP contribution in [-0.2, 0) is 19.6 Å². The molecule has 0 radical (unpaired) electrons. The monoisotopic (exact) mass is 460 g/mol. The van der Waals surface area contributed by atoms with Gasteiger partial charge in [-0.05, 0) is 35.6 Å². The number of nitrogens with one attached hydrogen (secondary N) is 2. The van der Waals surface area contributed by atoms with Crippen LogP contribution >= 0.6 is 0 Å². The first-order valence-corrected chi connectivity index (χ1v) is 11.4. The quantitative estimate of drug-likeness (QED) is 0.420. The van der Waals surface area contributed by atoms with Crippen molar-refractivity contribution in [1.29, 1.82) is 0 Å². The molecule has 0 aliphatic rings. The minimum atomic E-state index is -0.612. The molecule has 0 bridgehead atoms. The number of pyridine rings is 1. The number of hydrogen-bond acceptors (Lipinski definition) is 5. The number of H-pyrrole nitrogens is 1. The van der Waals surface area contributed by atoms with Gasteiger partial charge < -0.3 is 5.32 Å². The van der Waals surface area contributed by atoms with E-state index in [9.17, 15) is 14.4 Å². The Hall–Kier alpha value is -4.01. The molecule has 0 aliphatic carbocycles. The van der Waals surface area contributed by atoms with E-state index in [1.807, 2.05) is 62.0 Å². The van der Waals surface area contributed by atoms with Gasteiger partial charge in [0.25, 0.3) is 11.5 Å². The van der Waals surface area contributed by atoms with E-state index in [0.29, 0.717) is 25.2 Å². The number of carbonyl (C=O) groups is 1. The van der Waals surface area contributed by atoms with Crippen LogP contribution in [-0.4, -0.2) is 30.2 Å². The summed E-state index contributed by atoms with van der Waals surface area (Å²) in [7, 11) is 0. The van der Waals surface area contributed by atoms with Gasteiger partial charge >= 0.3 is 5.69 Å². The summed E-state index contributed by atoms with van der Waals surface area (Å²) in [5.74, 6) is -0.384. The summed E-state index contributed by atoms with van der Waals surface area (Å²) in [5, 5.41) is 7.33. The van der Waals surface area contributed by atoms with E-state index in [-0.39, 0.29) is 29.1 Å². The van der Waals surface area contributed by atoms with E-state index in [2.05, 4.69) is 20.4 Å². The number of nitrogens with zero attached hydrogens (tertiary/aromatic N) is 4. The van der Waals surface area contributed by atoms with Gasteiger partial charge in [-0.1, -0.05) is 45.0 Å². The second kappa shape index (κ2) is 9.86. The number of hydrogen-bond donors (Lipinski definition) is 2. The van der Waals surface area contributed by atoms with Crippen LogP contribution in [0.15, 0.2) is 58.4 Å². The van der Waals surface area contributed by atoms with Crippen LogP contribution in [0.1, 0.15) is 60.3 Å². The molecule has 4 aromatic rings. The second-order valence-corrected chi connectivity index (χ2v) is 8.51. The predicted molar refractivity (Wildman–Crippen MR) is 130 cm³/mol. The molecule has 2 N–H and O–H groups in total. The van der Waals surface area contributed by atoms with Crippen LogP contribution in [0, 0.1) is 0 Å². The minimum Gasteiger partial charge on any atom is -0.348 e. The van der Waals surface area contributed by atoms with Crippen LogP contribution in [0.2, 0.25) is 0 Å². The predicted octanol–water partition coefficient (Wildman–Crippen LogP) is 2.79. The van der Waals surface area contributed by atoms with Gasteiger partial charge in [-0.3, -0.25) is 23.8 Å². The fourth-order valence-corrected chi connectivity index (χ4v) is 3.92. The van der Waals surface area contributed by atoms with Crippen molar-refractivity contribution >= 4 is 16.9 Å². The zero-order valence-electron chi connectivity index (χ0n) is 19.5. The van der Waals surface area contributed by atoms with Crippen molar-refractivity contribution < 1.29 is 4.79 Å². The highest BCUT2D eigenvalue weighted by atomic mass is 16.2. The Kier molecular flexibility index (Phi) is 6.72. The summed E-state index contributed by atoms with van der Waals surface area (Å²) in [6.45, 7) is 7.10. The van der Waals surface area contributed by atoms with Crippen molar-refractivity contribution in [1.82, 2.24) is 29.6 Å². The molecule has 4 rings (SSSR count). The first kappa shape index (κ1) is 23.2. The Balaban J connectivity index is 1.72. The lowest BCUT2D eigenvalue weighted by atomic mass is 10.0. The van der Waals surface area contributed by atoms with Gasteiger partial charge in [0, 0.05) is 31.2 Å². The number of aromatic amines is 1. The third-order valence-electron chi connectivity index (χ3n) is 5.70. The Morgan fingerprint density at radius 1 is 1.15 bits per heavy atom. The van der Waals surface area contributed by atoms with Gasteiger partial charge in [0.05, 0.1) is 17.5 Å². The maximum absolute atomic E-state index is 13.3. The third-order valence-corrected chi connectivity index (χ3v) is 5.70. The largest absolute Gasteiger partial charge is 0.348 e. The van der Waals surface area contributed by atoms with Gasteiger partial charge in [0.2, 0.25) is 0 Å². The topological polar surface area (TPSA) is 115 Å². The van der Waals surface area contributed by atoms with Crippen molar-refractivity contribution in [3.63, 3.8) is 0 Å². The SMILES string of the molecule is CCCn1c(=O)[nH]c(=O)c2c(C(=O)NCc3ccccc3Cn3cccn3)cc(C(C)C)nc21. The smallest absolute Gasteiger partial charge is 0.329 e. The summed E-state index contributed by atoms with van der Waals surface area (Å²) in [5.41, 5.74) is 1.95. The van der Waals surface area contributed by atoms with Crippen LogP contribution in [0.3, 0.4) is 0 Å². The van der Waals surface area contributed by atoms with E-state index < -0.39 is 17.2 Å². The van der Waals surface area contributed by atoms with Crippen molar-refractivity contribution in [2.75, 3.05) is 0 Å². The molecule has 1 aromatic carbocycles. The molecule has 1 amide bonds. The molecule has 0 aliphatic heterocycles. The van der Waals surface area contributed by atoms with Crippen LogP contribution in [0.25, 0.3) is 11.0 Å². The van der Waals surface area contributed by atoms with E-state index in [4.69, 9.17) is 0 Å². The summed E-state index contributed by atoms with van der Waals surface area (Å²) < 4.78 is 3.25. The highest BCUT2D eigenvalue weighted by molar-refractivity contribution is 6.05. The van der Waals surface area contributed by atoms with Gasteiger partial charge in [0.15, 0.2) is 5.65 Å². The van der Waals surface area contributed by atoms with Gasteiger partial charge in [0.1, 0.15) is 0 Å². The number of benzene rings is 1. The molecule has 3 aromatic heterocycles. The summed E-state index contributed by atoms with van der Waals surface area (Å²) in [6.07, 6.45) is 4.29. The minimum absolute atomic E-state index is 0.00946. The van der Waals surface area contributed by atoms with Crippen molar-refractivity contribution in [2.45, 2.75) is 52.7 Å². The number of rotatable bonds is 8. The normalized spacial score (nSPS) is 11.3. The van der Waals surface area contributed by atoms with Gasteiger partial charge in [-0.25, -0.2) is 9.78 Å². The van der Waals surface area contributed by atoms with Crippen molar-refractivity contribution in [2.24, 2.45) is 0 Å². The van der Waals surface area contributed by atoms with E-state index in [1.54, 1.807) is 12.3 Å². The van der Waals surface area contributed by atoms with E-state index >= 15 is 0 Å². The molecule has 9 nitrogen and oxygen atoms in total. The standard InChI is InChI=1S/C25H28N6O3/c1-4-11-31-22-21(24(33)29-25(31)34)19(13-20(28-22)16(2)3)23(32)26-14-17-8-5-6-9-18(17)15-30-12-7-10-27-30/h5-10,12-13,16H,4,11,14-15H2,1-3H3,(H,26,32)(H,29,33,34). The average Bonchev–Trinajstić information content (AvgIpc) is 3.33. The number of aryl methyl sites for hydroxylation is 1. The van der Waals surface area contributed by atoms with Crippen molar-refractivity contribution in [3.05, 3.63) is 92.0 Å². The number of aromatic nitrogens is 5. The Morgan fingerprint density at radius 3 is 2.59 bits per heavy atom. The fourth-order valence-electron chi connectivity index (χ4n) is 3.92. The average molecular weight is 461 g/mol. The molecule has 0 atom stereocenters. The molecule has 3 heterocycles. The zero-order chi connectivity index (χ0) is 24.2. The molecule has 0 saturated heterocycles. The van der Waals surface area contributed by atoms with Gasteiger partial charge in [-0.2, -0.15) is 5.10 Å². The van der Waals surface area contributed by atoms with Crippen molar-refractivity contribution in [3.8, 4) is 0 Å². The highest BCUT2D eigenvalue weighted by Crippen LogP contribution is 2.20. The molecular formula is C25H28N6O3. The molecule has 0 fully saturated rings. The molecule has 34 heavy (non-hydrogen) atoms. The maximum atomic E-state index is 13.3. The number of amides is 1. The van der Waals surface area contributed by atoms with E-state index in [0.717, 1.165) is 11.1 Å².